The minimum absolute atomic E-state index is 0.146. The molecule has 1 aromatic heterocycles. The molecule has 8 nitrogen and oxygen atoms in total. The topological polar surface area (TPSA) is 116 Å². The molecule has 3 heterocycles. The average molecular weight is 455 g/mol. The number of aliphatic hydroxyl groups excluding tert-OH is 1. The van der Waals surface area contributed by atoms with E-state index >= 15 is 0 Å². The van der Waals surface area contributed by atoms with Gasteiger partial charge in [0.15, 0.2) is 5.82 Å². The molecule has 1 fully saturated rings. The number of carbonyl (C=O) groups excluding carboxylic acids is 2. The van der Waals surface area contributed by atoms with Crippen molar-refractivity contribution in [2.45, 2.75) is 18.0 Å². The highest BCUT2D eigenvalue weighted by Gasteiger charge is 2.33. The van der Waals surface area contributed by atoms with Crippen molar-refractivity contribution in [2.24, 2.45) is 0 Å². The van der Waals surface area contributed by atoms with Gasteiger partial charge in [-0.25, -0.2) is 18.7 Å². The monoisotopic (exact) mass is 455 g/mol. The molecule has 0 saturated carbocycles. The molecule has 0 radical (unpaired) electrons. The van der Waals surface area contributed by atoms with Gasteiger partial charge >= 0.3 is 0 Å². The summed E-state index contributed by atoms with van der Waals surface area (Å²) < 4.78 is 28.6. The number of fused-ring (bicyclic) bond motifs is 1. The molecular weight excluding hydrogens is 440 g/mol. The number of imide groups is 1. The summed E-state index contributed by atoms with van der Waals surface area (Å²) in [5.74, 6) is -1.92. The SMILES string of the molecule is O=C1NC(=O)C(c2ccc(Nc3nc(-c4c(F)cccc4F)nc4c3C(O)NC4)cc2)S1. The zero-order chi connectivity index (χ0) is 22.4. The molecule has 1 saturated heterocycles. The summed E-state index contributed by atoms with van der Waals surface area (Å²) in [7, 11) is 0. The summed E-state index contributed by atoms with van der Waals surface area (Å²) in [4.78, 5) is 31.8. The van der Waals surface area contributed by atoms with E-state index in [2.05, 4.69) is 25.9 Å². The number of halogens is 2. The zero-order valence-corrected chi connectivity index (χ0v) is 17.0. The molecule has 11 heteroatoms. The van der Waals surface area contributed by atoms with Crippen LogP contribution < -0.4 is 16.0 Å². The van der Waals surface area contributed by atoms with E-state index in [4.69, 9.17) is 0 Å². The molecule has 4 N–H and O–H groups in total. The van der Waals surface area contributed by atoms with Crippen LogP contribution in [0.1, 0.15) is 28.3 Å². The molecule has 32 heavy (non-hydrogen) atoms. The fourth-order valence-corrected chi connectivity index (χ4v) is 4.44. The fourth-order valence-electron chi connectivity index (χ4n) is 3.61. The maximum atomic E-state index is 14.3. The first-order valence-electron chi connectivity index (χ1n) is 9.56. The molecule has 5 rings (SSSR count). The van der Waals surface area contributed by atoms with Gasteiger partial charge in [0, 0.05) is 12.2 Å². The van der Waals surface area contributed by atoms with Gasteiger partial charge in [-0.1, -0.05) is 18.2 Å². The minimum Gasteiger partial charge on any atom is -0.374 e. The van der Waals surface area contributed by atoms with Crippen LogP contribution >= 0.6 is 11.8 Å². The van der Waals surface area contributed by atoms with Crippen molar-refractivity contribution in [3.63, 3.8) is 0 Å². The Morgan fingerprint density at radius 2 is 1.78 bits per heavy atom. The molecule has 162 valence electrons. The standard InChI is InChI=1S/C21H15F2N5O3S/c22-11-2-1-3-12(23)14(11)17-26-13-8-24-19(29)15(13)18(27-17)25-10-6-4-9(5-7-10)16-20(30)28-21(31)32-16/h1-7,16,19,24,29H,8H2,(H,25,26,27)(H,28,30,31). The van der Waals surface area contributed by atoms with Crippen molar-refractivity contribution < 1.29 is 23.5 Å². The number of aliphatic hydroxyl groups is 1. The highest BCUT2D eigenvalue weighted by atomic mass is 32.2. The third-order valence-corrected chi connectivity index (χ3v) is 6.15. The summed E-state index contributed by atoms with van der Waals surface area (Å²) in [5, 5.41) is 17.4. The Kier molecular flexibility index (Phi) is 5.08. The molecule has 3 aromatic rings. The Morgan fingerprint density at radius 1 is 1.06 bits per heavy atom. The van der Waals surface area contributed by atoms with Gasteiger partial charge in [0.2, 0.25) is 5.91 Å². The highest BCUT2D eigenvalue weighted by Crippen LogP contribution is 2.36. The highest BCUT2D eigenvalue weighted by molar-refractivity contribution is 8.15. The summed E-state index contributed by atoms with van der Waals surface area (Å²) in [6.07, 6.45) is -1.05. The van der Waals surface area contributed by atoms with E-state index in [0.717, 1.165) is 23.9 Å². The number of nitrogens with one attached hydrogen (secondary N) is 3. The van der Waals surface area contributed by atoms with E-state index in [1.165, 1.54) is 6.07 Å². The molecule has 2 unspecified atom stereocenters. The third-order valence-electron chi connectivity index (χ3n) is 5.11. The van der Waals surface area contributed by atoms with Gasteiger partial charge in [-0.05, 0) is 41.6 Å². The normalized spacial score (nSPS) is 19.7. The minimum atomic E-state index is -1.05. The van der Waals surface area contributed by atoms with E-state index < -0.39 is 28.4 Å². The number of nitrogens with zero attached hydrogens (tertiary/aromatic N) is 2. The summed E-state index contributed by atoms with van der Waals surface area (Å²) in [5.41, 5.74) is 1.65. The fraction of sp³-hybridized carbons (Fsp3) is 0.143. The molecule has 2 amide bonds. The second kappa shape index (κ2) is 7.93. The Balaban J connectivity index is 1.50. The first kappa shape index (κ1) is 20.5. The number of amides is 2. The van der Waals surface area contributed by atoms with E-state index in [-0.39, 0.29) is 29.7 Å². The van der Waals surface area contributed by atoms with Gasteiger partial charge in [0.05, 0.1) is 16.8 Å². The van der Waals surface area contributed by atoms with Crippen LogP contribution in [0.5, 0.6) is 0 Å². The second-order valence-corrected chi connectivity index (χ2v) is 8.24. The summed E-state index contributed by atoms with van der Waals surface area (Å²) >= 11 is 0.902. The number of hydrogen-bond acceptors (Lipinski definition) is 8. The second-order valence-electron chi connectivity index (χ2n) is 7.16. The van der Waals surface area contributed by atoms with Gasteiger partial charge in [0.25, 0.3) is 5.24 Å². The van der Waals surface area contributed by atoms with Crippen LogP contribution in [0.2, 0.25) is 0 Å². The lowest BCUT2D eigenvalue weighted by Gasteiger charge is -2.15. The lowest BCUT2D eigenvalue weighted by Crippen LogP contribution is -2.20. The summed E-state index contributed by atoms with van der Waals surface area (Å²) in [6.45, 7) is 0.206. The van der Waals surface area contributed by atoms with Crippen LogP contribution in [0.15, 0.2) is 42.5 Å². The number of thioether (sulfide) groups is 1. The van der Waals surface area contributed by atoms with Crippen LogP contribution in [0.25, 0.3) is 11.4 Å². The lowest BCUT2D eigenvalue weighted by molar-refractivity contribution is -0.119. The van der Waals surface area contributed by atoms with E-state index in [1.54, 1.807) is 24.3 Å². The lowest BCUT2D eigenvalue weighted by atomic mass is 10.1. The Labute approximate surface area is 184 Å². The predicted octanol–water partition coefficient (Wildman–Crippen LogP) is 3.28. The molecular formula is C21H15F2N5O3S. The van der Waals surface area contributed by atoms with Crippen molar-refractivity contribution in [2.75, 3.05) is 5.32 Å². The van der Waals surface area contributed by atoms with Crippen LogP contribution in [-0.4, -0.2) is 26.2 Å². The van der Waals surface area contributed by atoms with Gasteiger partial charge in [0.1, 0.15) is 28.9 Å². The van der Waals surface area contributed by atoms with E-state index in [9.17, 15) is 23.5 Å². The first-order valence-corrected chi connectivity index (χ1v) is 10.4. The number of anilines is 2. The van der Waals surface area contributed by atoms with Crippen molar-refractivity contribution in [3.05, 3.63) is 70.9 Å². The first-order chi connectivity index (χ1) is 15.4. The van der Waals surface area contributed by atoms with Crippen LogP contribution in [0.3, 0.4) is 0 Å². The Bertz CT molecular complexity index is 1230. The Morgan fingerprint density at radius 3 is 2.44 bits per heavy atom. The molecule has 0 bridgehead atoms. The van der Waals surface area contributed by atoms with Gasteiger partial charge < -0.3 is 10.4 Å². The van der Waals surface area contributed by atoms with E-state index in [0.29, 0.717) is 22.5 Å². The number of benzene rings is 2. The molecule has 2 aromatic carbocycles. The van der Waals surface area contributed by atoms with Crippen molar-refractivity contribution in [1.82, 2.24) is 20.6 Å². The van der Waals surface area contributed by atoms with E-state index in [1.807, 2.05) is 0 Å². The van der Waals surface area contributed by atoms with Gasteiger partial charge in [-0.2, -0.15) is 0 Å². The largest absolute Gasteiger partial charge is 0.374 e. The average Bonchev–Trinajstić information content (AvgIpc) is 3.30. The maximum Gasteiger partial charge on any atom is 0.286 e. The number of rotatable bonds is 4. The molecule has 2 atom stereocenters. The van der Waals surface area contributed by atoms with Crippen LogP contribution in [0, 0.1) is 11.6 Å². The number of carbonyl (C=O) groups is 2. The zero-order valence-electron chi connectivity index (χ0n) is 16.2. The number of hydrogen-bond donors (Lipinski definition) is 4. The van der Waals surface area contributed by atoms with Gasteiger partial charge in [-0.3, -0.25) is 20.2 Å². The van der Waals surface area contributed by atoms with Crippen molar-refractivity contribution >= 4 is 34.4 Å². The smallest absolute Gasteiger partial charge is 0.286 e. The van der Waals surface area contributed by atoms with Crippen molar-refractivity contribution in [3.8, 4) is 11.4 Å². The molecule has 0 spiro atoms. The predicted molar refractivity (Wildman–Crippen MR) is 113 cm³/mol. The number of aromatic nitrogens is 2. The molecule has 2 aliphatic rings. The molecule has 2 aliphatic heterocycles. The maximum absolute atomic E-state index is 14.3. The quantitative estimate of drug-likeness (QED) is 0.474. The Hall–Kier alpha value is -3.41. The van der Waals surface area contributed by atoms with Crippen LogP contribution in [0.4, 0.5) is 25.1 Å². The van der Waals surface area contributed by atoms with Gasteiger partial charge in [-0.15, -0.1) is 0 Å². The van der Waals surface area contributed by atoms with Crippen LogP contribution in [-0.2, 0) is 11.3 Å². The molecule has 0 aliphatic carbocycles. The summed E-state index contributed by atoms with van der Waals surface area (Å²) in [6, 6.07) is 10.2. The third kappa shape index (κ3) is 3.60. The van der Waals surface area contributed by atoms with Crippen molar-refractivity contribution in [1.29, 1.82) is 0 Å².